The third kappa shape index (κ3) is 3.79. The zero-order valence-electron chi connectivity index (χ0n) is 12.6. The molecular weight excluding hydrogens is 356 g/mol. The Labute approximate surface area is 143 Å². The molecule has 4 nitrogen and oxygen atoms in total. The molecule has 3 rings (SSSR count). The second kappa shape index (κ2) is 6.96. The van der Waals surface area contributed by atoms with Crippen LogP contribution in [0.4, 0.5) is 5.69 Å². The maximum absolute atomic E-state index is 12.1. The molecule has 0 bridgehead atoms. The van der Waals surface area contributed by atoms with Gasteiger partial charge in [0.25, 0.3) is 5.91 Å². The molecule has 1 saturated heterocycles. The van der Waals surface area contributed by atoms with Crippen LogP contribution in [-0.2, 0) is 11.3 Å². The van der Waals surface area contributed by atoms with Gasteiger partial charge in [0.1, 0.15) is 0 Å². The zero-order chi connectivity index (χ0) is 16.2. The Morgan fingerprint density at radius 2 is 1.96 bits per heavy atom. The number of nitrogens with one attached hydrogen (secondary N) is 1. The average molecular weight is 373 g/mol. The maximum atomic E-state index is 12.1. The molecule has 1 aliphatic rings. The summed E-state index contributed by atoms with van der Waals surface area (Å²) >= 11 is 3.36. The molecule has 0 spiro atoms. The summed E-state index contributed by atoms with van der Waals surface area (Å²) in [5.41, 5.74) is 2.55. The van der Waals surface area contributed by atoms with E-state index in [4.69, 9.17) is 0 Å². The average Bonchev–Trinajstić information content (AvgIpc) is 2.99. The predicted molar refractivity (Wildman–Crippen MR) is 93.3 cm³/mol. The van der Waals surface area contributed by atoms with Gasteiger partial charge in [-0.05, 0) is 42.3 Å². The molecule has 1 heterocycles. The van der Waals surface area contributed by atoms with Gasteiger partial charge in [0, 0.05) is 35.2 Å². The lowest BCUT2D eigenvalue weighted by Crippen LogP contribution is -2.24. The Morgan fingerprint density at radius 3 is 2.61 bits per heavy atom. The number of carbonyl (C=O) groups excluding carboxylic acids is 2. The molecule has 0 radical (unpaired) electrons. The van der Waals surface area contributed by atoms with Gasteiger partial charge >= 0.3 is 0 Å². The van der Waals surface area contributed by atoms with Gasteiger partial charge < -0.3 is 10.2 Å². The van der Waals surface area contributed by atoms with Crippen molar-refractivity contribution >= 4 is 33.4 Å². The van der Waals surface area contributed by atoms with Crippen molar-refractivity contribution in [3.63, 3.8) is 0 Å². The molecule has 0 saturated carbocycles. The molecule has 2 aromatic carbocycles. The van der Waals surface area contributed by atoms with E-state index in [-0.39, 0.29) is 11.8 Å². The molecule has 2 aromatic rings. The summed E-state index contributed by atoms with van der Waals surface area (Å²) in [7, 11) is 0. The summed E-state index contributed by atoms with van der Waals surface area (Å²) in [5, 5.41) is 2.90. The van der Waals surface area contributed by atoms with Crippen molar-refractivity contribution in [1.29, 1.82) is 0 Å². The molecule has 0 aromatic heterocycles. The molecule has 1 aliphatic heterocycles. The van der Waals surface area contributed by atoms with Gasteiger partial charge in [-0.2, -0.15) is 0 Å². The van der Waals surface area contributed by atoms with E-state index in [9.17, 15) is 9.59 Å². The lowest BCUT2D eigenvalue weighted by molar-refractivity contribution is -0.117. The summed E-state index contributed by atoms with van der Waals surface area (Å²) in [6.07, 6.45) is 1.55. The van der Waals surface area contributed by atoms with Gasteiger partial charge in [-0.25, -0.2) is 0 Å². The van der Waals surface area contributed by atoms with Gasteiger partial charge in [0.05, 0.1) is 0 Å². The van der Waals surface area contributed by atoms with Crippen LogP contribution in [-0.4, -0.2) is 18.4 Å². The van der Waals surface area contributed by atoms with E-state index in [1.54, 1.807) is 12.1 Å². The SMILES string of the molecule is O=C(NCc1ccc(N2CCCC2=O)cc1)c1cccc(Br)c1. The fraction of sp³-hybridized carbons (Fsp3) is 0.222. The summed E-state index contributed by atoms with van der Waals surface area (Å²) in [6, 6.07) is 15.0. The van der Waals surface area contributed by atoms with Gasteiger partial charge in [0.2, 0.25) is 5.91 Å². The molecule has 5 heteroatoms. The number of benzene rings is 2. The molecule has 2 amide bonds. The fourth-order valence-electron chi connectivity index (χ4n) is 2.63. The smallest absolute Gasteiger partial charge is 0.251 e. The molecule has 0 aliphatic carbocycles. The fourth-order valence-corrected chi connectivity index (χ4v) is 3.03. The highest BCUT2D eigenvalue weighted by Gasteiger charge is 2.21. The number of hydrogen-bond acceptors (Lipinski definition) is 2. The Balaban J connectivity index is 1.60. The Kier molecular flexibility index (Phi) is 4.76. The molecule has 1 fully saturated rings. The highest BCUT2D eigenvalue weighted by Crippen LogP contribution is 2.21. The first-order valence-electron chi connectivity index (χ1n) is 7.56. The van der Waals surface area contributed by atoms with Gasteiger partial charge in [-0.15, -0.1) is 0 Å². The minimum absolute atomic E-state index is 0.106. The van der Waals surface area contributed by atoms with E-state index >= 15 is 0 Å². The largest absolute Gasteiger partial charge is 0.348 e. The van der Waals surface area contributed by atoms with Crippen molar-refractivity contribution in [1.82, 2.24) is 5.32 Å². The highest BCUT2D eigenvalue weighted by atomic mass is 79.9. The van der Waals surface area contributed by atoms with Crippen LogP contribution in [0.25, 0.3) is 0 Å². The number of anilines is 1. The number of carbonyl (C=O) groups is 2. The van der Waals surface area contributed by atoms with Gasteiger partial charge in [-0.3, -0.25) is 9.59 Å². The monoisotopic (exact) mass is 372 g/mol. The predicted octanol–water partition coefficient (Wildman–Crippen LogP) is 3.51. The second-order valence-electron chi connectivity index (χ2n) is 5.51. The first-order chi connectivity index (χ1) is 11.1. The molecule has 23 heavy (non-hydrogen) atoms. The molecule has 0 atom stereocenters. The second-order valence-corrected chi connectivity index (χ2v) is 6.42. The number of rotatable bonds is 4. The van der Waals surface area contributed by atoms with E-state index in [2.05, 4.69) is 21.2 Å². The van der Waals surface area contributed by atoms with E-state index < -0.39 is 0 Å². The zero-order valence-corrected chi connectivity index (χ0v) is 14.2. The summed E-state index contributed by atoms with van der Waals surface area (Å²) in [4.78, 5) is 25.6. The normalized spacial score (nSPS) is 14.1. The van der Waals surface area contributed by atoms with Crippen molar-refractivity contribution in [2.24, 2.45) is 0 Å². The third-order valence-corrected chi connectivity index (χ3v) is 4.35. The Bertz CT molecular complexity index is 728. The number of amides is 2. The first-order valence-corrected chi connectivity index (χ1v) is 8.36. The molecule has 1 N–H and O–H groups in total. The quantitative estimate of drug-likeness (QED) is 0.892. The molecule has 0 unspecified atom stereocenters. The van der Waals surface area contributed by atoms with Crippen molar-refractivity contribution < 1.29 is 9.59 Å². The standard InChI is InChI=1S/C18H17BrN2O2/c19-15-4-1-3-14(11-15)18(23)20-12-13-6-8-16(9-7-13)21-10-2-5-17(21)22/h1,3-4,6-9,11H,2,5,10,12H2,(H,20,23). The lowest BCUT2D eigenvalue weighted by Gasteiger charge is -2.16. The van der Waals surface area contributed by atoms with Gasteiger partial charge in [-0.1, -0.05) is 34.1 Å². The van der Waals surface area contributed by atoms with E-state index in [0.29, 0.717) is 18.5 Å². The number of hydrogen-bond donors (Lipinski definition) is 1. The van der Waals surface area contributed by atoms with Crippen LogP contribution >= 0.6 is 15.9 Å². The maximum Gasteiger partial charge on any atom is 0.251 e. The number of nitrogens with zero attached hydrogens (tertiary/aromatic N) is 1. The van der Waals surface area contributed by atoms with Crippen LogP contribution in [0.15, 0.2) is 53.0 Å². The highest BCUT2D eigenvalue weighted by molar-refractivity contribution is 9.10. The van der Waals surface area contributed by atoms with Crippen molar-refractivity contribution in [2.45, 2.75) is 19.4 Å². The summed E-state index contributed by atoms with van der Waals surface area (Å²) in [6.45, 7) is 1.25. The van der Waals surface area contributed by atoms with Crippen molar-refractivity contribution in [2.75, 3.05) is 11.4 Å². The minimum Gasteiger partial charge on any atom is -0.348 e. The van der Waals surface area contributed by atoms with E-state index in [0.717, 1.165) is 28.7 Å². The van der Waals surface area contributed by atoms with Crippen LogP contribution in [0, 0.1) is 0 Å². The summed E-state index contributed by atoms with van der Waals surface area (Å²) < 4.78 is 0.879. The topological polar surface area (TPSA) is 49.4 Å². The van der Waals surface area contributed by atoms with Crippen LogP contribution in [0.1, 0.15) is 28.8 Å². The molecule has 118 valence electrons. The lowest BCUT2D eigenvalue weighted by atomic mass is 10.1. The third-order valence-electron chi connectivity index (χ3n) is 3.86. The Hall–Kier alpha value is -2.14. The van der Waals surface area contributed by atoms with Crippen LogP contribution in [0.2, 0.25) is 0 Å². The summed E-state index contributed by atoms with van der Waals surface area (Å²) in [5.74, 6) is 0.0748. The van der Waals surface area contributed by atoms with Crippen molar-refractivity contribution in [3.05, 3.63) is 64.1 Å². The van der Waals surface area contributed by atoms with Gasteiger partial charge in [0.15, 0.2) is 0 Å². The first kappa shape index (κ1) is 15.7. The minimum atomic E-state index is -0.106. The number of halogens is 1. The van der Waals surface area contributed by atoms with Crippen LogP contribution < -0.4 is 10.2 Å². The Morgan fingerprint density at radius 1 is 1.17 bits per heavy atom. The molecular formula is C18H17BrN2O2. The van der Waals surface area contributed by atoms with Crippen LogP contribution in [0.3, 0.4) is 0 Å². The van der Waals surface area contributed by atoms with Crippen LogP contribution in [0.5, 0.6) is 0 Å². The van der Waals surface area contributed by atoms with E-state index in [1.807, 2.05) is 41.3 Å². The van der Waals surface area contributed by atoms with E-state index in [1.165, 1.54) is 0 Å². The van der Waals surface area contributed by atoms with Crippen molar-refractivity contribution in [3.8, 4) is 0 Å².